The van der Waals surface area contributed by atoms with Gasteiger partial charge < -0.3 is 9.88 Å². The Hall–Kier alpha value is -2.58. The van der Waals surface area contributed by atoms with Gasteiger partial charge in [-0.25, -0.2) is 18.3 Å². The van der Waals surface area contributed by atoms with Crippen LogP contribution >= 0.6 is 0 Å². The van der Waals surface area contributed by atoms with E-state index in [0.717, 1.165) is 34.9 Å². The number of fused-ring (bicyclic) bond motifs is 3. The number of pyridine rings is 1. The molecule has 0 fully saturated rings. The zero-order valence-electron chi connectivity index (χ0n) is 16.2. The number of benzene rings is 1. The van der Waals surface area contributed by atoms with Gasteiger partial charge in [0.15, 0.2) is 0 Å². The molecule has 1 aliphatic heterocycles. The predicted octanol–water partition coefficient (Wildman–Crippen LogP) is 2.92. The standard InChI is InChI=1S/C21H23FN4O2S/c1-2-3-9-25-29(28)18-13-26(12-14-4-6-15(22)7-5-14)17-11-24-20-16(19(17)18)8-10-23-21(20)27/h4-7,11,13,25H,2-3,8-10,12H2,1H3,(H,23,27). The van der Waals surface area contributed by atoms with Gasteiger partial charge in [-0.1, -0.05) is 25.5 Å². The molecule has 1 aliphatic rings. The first-order chi connectivity index (χ1) is 14.1. The first kappa shape index (κ1) is 19.7. The summed E-state index contributed by atoms with van der Waals surface area (Å²) < 4.78 is 31.3. The van der Waals surface area contributed by atoms with E-state index in [0.29, 0.717) is 36.6 Å². The minimum atomic E-state index is -1.40. The minimum Gasteiger partial charge on any atom is -0.350 e. The molecule has 0 saturated heterocycles. The molecule has 6 nitrogen and oxygen atoms in total. The number of halogens is 1. The number of carbonyl (C=O) groups excluding carboxylic acids is 1. The molecule has 0 aliphatic carbocycles. The zero-order valence-corrected chi connectivity index (χ0v) is 17.0. The highest BCUT2D eigenvalue weighted by Crippen LogP contribution is 2.31. The lowest BCUT2D eigenvalue weighted by Gasteiger charge is -2.17. The molecule has 0 saturated carbocycles. The van der Waals surface area contributed by atoms with Crippen LogP contribution in [0.5, 0.6) is 0 Å². The molecule has 1 atom stereocenters. The molecule has 4 rings (SSSR count). The summed E-state index contributed by atoms with van der Waals surface area (Å²) in [5.74, 6) is -0.482. The Kier molecular flexibility index (Phi) is 5.73. The summed E-state index contributed by atoms with van der Waals surface area (Å²) >= 11 is 0. The molecule has 1 amide bonds. The van der Waals surface area contributed by atoms with Gasteiger partial charge in [0.05, 0.1) is 16.6 Å². The number of rotatable bonds is 7. The summed E-state index contributed by atoms with van der Waals surface area (Å²) in [5.41, 5.74) is 2.98. The maximum Gasteiger partial charge on any atom is 0.270 e. The van der Waals surface area contributed by atoms with Crippen LogP contribution in [0.3, 0.4) is 0 Å². The Bertz CT molecular complexity index is 1080. The molecule has 3 aromatic rings. The largest absolute Gasteiger partial charge is 0.350 e. The summed E-state index contributed by atoms with van der Waals surface area (Å²) in [6, 6.07) is 6.32. The topological polar surface area (TPSA) is 76.0 Å². The molecular formula is C21H23FN4O2S. The number of hydrogen-bond acceptors (Lipinski definition) is 3. The fourth-order valence-corrected chi connectivity index (χ4v) is 4.73. The Morgan fingerprint density at radius 1 is 1.31 bits per heavy atom. The van der Waals surface area contributed by atoms with E-state index in [1.165, 1.54) is 12.1 Å². The van der Waals surface area contributed by atoms with E-state index in [2.05, 4.69) is 21.9 Å². The molecule has 2 N–H and O–H groups in total. The second-order valence-electron chi connectivity index (χ2n) is 7.12. The number of amides is 1. The van der Waals surface area contributed by atoms with Crippen LogP contribution in [0.15, 0.2) is 41.6 Å². The molecule has 1 unspecified atom stereocenters. The van der Waals surface area contributed by atoms with Crippen LogP contribution < -0.4 is 10.0 Å². The molecule has 152 valence electrons. The molecule has 8 heteroatoms. The lowest BCUT2D eigenvalue weighted by atomic mass is 10.0. The third-order valence-electron chi connectivity index (χ3n) is 5.09. The Morgan fingerprint density at radius 2 is 2.10 bits per heavy atom. The monoisotopic (exact) mass is 414 g/mol. The molecule has 0 bridgehead atoms. The lowest BCUT2D eigenvalue weighted by Crippen LogP contribution is -2.33. The molecule has 0 spiro atoms. The van der Waals surface area contributed by atoms with Crippen molar-refractivity contribution in [1.29, 1.82) is 0 Å². The van der Waals surface area contributed by atoms with E-state index in [1.54, 1.807) is 18.3 Å². The van der Waals surface area contributed by atoms with Gasteiger partial charge >= 0.3 is 0 Å². The van der Waals surface area contributed by atoms with E-state index in [1.807, 2.05) is 10.8 Å². The third kappa shape index (κ3) is 3.95. The highest BCUT2D eigenvalue weighted by atomic mass is 32.2. The van der Waals surface area contributed by atoms with Crippen LogP contribution in [0.25, 0.3) is 10.9 Å². The summed E-state index contributed by atoms with van der Waals surface area (Å²) in [5, 5.41) is 3.64. The summed E-state index contributed by atoms with van der Waals surface area (Å²) in [4.78, 5) is 17.3. The average Bonchev–Trinajstić information content (AvgIpc) is 3.09. The number of unbranched alkanes of at least 4 members (excludes halogenated alkanes) is 1. The average molecular weight is 415 g/mol. The van der Waals surface area contributed by atoms with Gasteiger partial charge in [-0.05, 0) is 36.1 Å². The van der Waals surface area contributed by atoms with Crippen molar-refractivity contribution >= 4 is 27.8 Å². The summed E-state index contributed by atoms with van der Waals surface area (Å²) in [6.07, 6.45) is 6.11. The fraction of sp³-hybridized carbons (Fsp3) is 0.333. The molecule has 3 heterocycles. The molecule has 0 radical (unpaired) electrons. The van der Waals surface area contributed by atoms with Crippen molar-refractivity contribution in [1.82, 2.24) is 19.6 Å². The van der Waals surface area contributed by atoms with Crippen LogP contribution in [-0.2, 0) is 24.0 Å². The van der Waals surface area contributed by atoms with Gasteiger partial charge in [-0.3, -0.25) is 4.79 Å². The first-order valence-electron chi connectivity index (χ1n) is 9.77. The first-order valence-corrected chi connectivity index (χ1v) is 10.9. The van der Waals surface area contributed by atoms with Crippen LogP contribution in [-0.4, -0.2) is 32.8 Å². The number of hydrogen-bond donors (Lipinski definition) is 2. The van der Waals surface area contributed by atoms with Crippen LogP contribution in [0, 0.1) is 5.82 Å². The molecular weight excluding hydrogens is 391 g/mol. The smallest absolute Gasteiger partial charge is 0.270 e. The van der Waals surface area contributed by atoms with Gasteiger partial charge in [-0.2, -0.15) is 0 Å². The van der Waals surface area contributed by atoms with Crippen molar-refractivity contribution in [3.05, 3.63) is 59.3 Å². The normalized spacial score (nSPS) is 14.6. The van der Waals surface area contributed by atoms with Crippen LogP contribution in [0.2, 0.25) is 0 Å². The van der Waals surface area contributed by atoms with Crippen molar-refractivity contribution in [2.75, 3.05) is 13.1 Å². The predicted molar refractivity (Wildman–Crippen MR) is 111 cm³/mol. The summed E-state index contributed by atoms with van der Waals surface area (Å²) in [6.45, 7) is 3.77. The van der Waals surface area contributed by atoms with Crippen molar-refractivity contribution in [3.63, 3.8) is 0 Å². The minimum absolute atomic E-state index is 0.199. The lowest BCUT2D eigenvalue weighted by molar-refractivity contribution is 0.0941. The third-order valence-corrected chi connectivity index (χ3v) is 6.27. The van der Waals surface area contributed by atoms with E-state index in [4.69, 9.17) is 0 Å². The van der Waals surface area contributed by atoms with E-state index in [9.17, 15) is 13.4 Å². The van der Waals surface area contributed by atoms with Crippen molar-refractivity contribution in [2.45, 2.75) is 37.6 Å². The number of nitrogens with zero attached hydrogens (tertiary/aromatic N) is 2. The maximum absolute atomic E-state index is 13.3. The van der Waals surface area contributed by atoms with Gasteiger partial charge in [0.2, 0.25) is 0 Å². The van der Waals surface area contributed by atoms with Gasteiger partial charge in [0, 0.05) is 31.2 Å². The highest BCUT2D eigenvalue weighted by molar-refractivity contribution is 7.83. The van der Waals surface area contributed by atoms with E-state index < -0.39 is 11.0 Å². The molecule has 2 aromatic heterocycles. The zero-order chi connectivity index (χ0) is 20.4. The number of carbonyl (C=O) groups is 1. The van der Waals surface area contributed by atoms with Gasteiger partial charge in [-0.15, -0.1) is 0 Å². The highest BCUT2D eigenvalue weighted by Gasteiger charge is 2.25. The molecule has 29 heavy (non-hydrogen) atoms. The molecule has 1 aromatic carbocycles. The Balaban J connectivity index is 1.81. The van der Waals surface area contributed by atoms with Gasteiger partial charge in [0.25, 0.3) is 5.91 Å². The SMILES string of the molecule is CCCCNS(=O)c1cn(Cc2ccc(F)cc2)c2cnc3c(c12)CCNC3=O. The van der Waals surface area contributed by atoms with E-state index in [-0.39, 0.29) is 11.7 Å². The quantitative estimate of drug-likeness (QED) is 0.584. The second kappa shape index (κ2) is 8.42. The van der Waals surface area contributed by atoms with Crippen molar-refractivity contribution < 1.29 is 13.4 Å². The number of aromatic nitrogens is 2. The van der Waals surface area contributed by atoms with Crippen molar-refractivity contribution in [3.8, 4) is 0 Å². The van der Waals surface area contributed by atoms with Crippen LogP contribution in [0.1, 0.15) is 41.4 Å². The Morgan fingerprint density at radius 3 is 2.86 bits per heavy atom. The fourth-order valence-electron chi connectivity index (χ4n) is 3.61. The second-order valence-corrected chi connectivity index (χ2v) is 8.38. The Labute approximate surface area is 171 Å². The summed E-state index contributed by atoms with van der Waals surface area (Å²) in [7, 11) is -1.40. The van der Waals surface area contributed by atoms with Crippen molar-refractivity contribution in [2.24, 2.45) is 0 Å². The van der Waals surface area contributed by atoms with Crippen LogP contribution in [0.4, 0.5) is 4.39 Å². The number of nitrogens with one attached hydrogen (secondary N) is 2. The maximum atomic E-state index is 13.3. The van der Waals surface area contributed by atoms with E-state index >= 15 is 0 Å². The van der Waals surface area contributed by atoms with Gasteiger partial charge in [0.1, 0.15) is 22.5 Å².